The van der Waals surface area contributed by atoms with E-state index in [1.54, 1.807) is 6.07 Å². The Hall–Kier alpha value is -1.67. The van der Waals surface area contributed by atoms with Crippen molar-refractivity contribution >= 4 is 23.0 Å². The molecule has 2 aromatic carbocycles. The molecule has 0 aliphatic heterocycles. The van der Waals surface area contributed by atoms with Crippen LogP contribution in [0.25, 0.3) is 0 Å². The molecule has 1 atom stereocenters. The molecule has 0 heterocycles. The highest BCUT2D eigenvalue weighted by Crippen LogP contribution is 2.29. The first kappa shape index (κ1) is 11.8. The number of para-hydroxylation sites is 1. The Bertz CT molecular complexity index is 497. The summed E-state index contributed by atoms with van der Waals surface area (Å²) in [5, 5.41) is 3.94. The molecule has 2 aromatic rings. The SMILES string of the molecule is CC(Nc1cccc(Cl)c1N)c1ccccc1. The van der Waals surface area contributed by atoms with Gasteiger partial charge in [0, 0.05) is 6.04 Å². The summed E-state index contributed by atoms with van der Waals surface area (Å²) in [6, 6.07) is 16.0. The fourth-order valence-electron chi connectivity index (χ4n) is 1.72. The van der Waals surface area contributed by atoms with Gasteiger partial charge in [0.1, 0.15) is 0 Å². The molecule has 1 unspecified atom stereocenters. The van der Waals surface area contributed by atoms with Crippen LogP contribution in [0.5, 0.6) is 0 Å². The number of hydrogen-bond acceptors (Lipinski definition) is 2. The third-order valence-corrected chi connectivity index (χ3v) is 3.05. The second-order valence-electron chi connectivity index (χ2n) is 3.98. The zero-order chi connectivity index (χ0) is 12.3. The smallest absolute Gasteiger partial charge is 0.0739 e. The van der Waals surface area contributed by atoms with Gasteiger partial charge in [-0.2, -0.15) is 0 Å². The van der Waals surface area contributed by atoms with Crippen molar-refractivity contribution in [1.29, 1.82) is 0 Å². The number of nitrogens with two attached hydrogens (primary N) is 1. The highest BCUT2D eigenvalue weighted by molar-refractivity contribution is 6.33. The standard InChI is InChI=1S/C14H15ClN2/c1-10(11-6-3-2-4-7-11)17-13-9-5-8-12(15)14(13)16/h2-10,17H,16H2,1H3. The van der Waals surface area contributed by atoms with E-state index in [0.717, 1.165) is 5.69 Å². The molecule has 0 bridgehead atoms. The molecular weight excluding hydrogens is 232 g/mol. The summed E-state index contributed by atoms with van der Waals surface area (Å²) in [7, 11) is 0. The summed E-state index contributed by atoms with van der Waals surface area (Å²) < 4.78 is 0. The predicted octanol–water partition coefficient (Wildman–Crippen LogP) is 4.10. The van der Waals surface area contributed by atoms with Gasteiger partial charge >= 0.3 is 0 Å². The lowest BCUT2D eigenvalue weighted by Gasteiger charge is -2.17. The van der Waals surface area contributed by atoms with Crippen LogP contribution in [-0.2, 0) is 0 Å². The van der Waals surface area contributed by atoms with Crippen LogP contribution in [0.4, 0.5) is 11.4 Å². The highest BCUT2D eigenvalue weighted by atomic mass is 35.5. The van der Waals surface area contributed by atoms with Crippen molar-refractivity contribution in [1.82, 2.24) is 0 Å². The Labute approximate surface area is 106 Å². The summed E-state index contributed by atoms with van der Waals surface area (Å²) >= 11 is 5.98. The molecule has 0 fully saturated rings. The van der Waals surface area contributed by atoms with Gasteiger partial charge in [-0.1, -0.05) is 48.0 Å². The largest absolute Gasteiger partial charge is 0.396 e. The second-order valence-corrected chi connectivity index (χ2v) is 4.38. The summed E-state index contributed by atoms with van der Waals surface area (Å²) in [4.78, 5) is 0. The molecule has 3 N–H and O–H groups in total. The van der Waals surface area contributed by atoms with Gasteiger partial charge in [-0.15, -0.1) is 0 Å². The number of rotatable bonds is 3. The third-order valence-electron chi connectivity index (χ3n) is 2.72. The number of benzene rings is 2. The molecule has 0 aliphatic rings. The van der Waals surface area contributed by atoms with E-state index in [9.17, 15) is 0 Å². The lowest BCUT2D eigenvalue weighted by Crippen LogP contribution is -2.08. The lowest BCUT2D eigenvalue weighted by molar-refractivity contribution is 0.885. The number of nitrogens with one attached hydrogen (secondary N) is 1. The van der Waals surface area contributed by atoms with E-state index >= 15 is 0 Å². The minimum absolute atomic E-state index is 0.192. The van der Waals surface area contributed by atoms with Crippen molar-refractivity contribution in [2.24, 2.45) is 0 Å². The maximum Gasteiger partial charge on any atom is 0.0739 e. The molecule has 0 radical (unpaired) electrons. The normalized spacial score (nSPS) is 12.1. The van der Waals surface area contributed by atoms with E-state index in [0.29, 0.717) is 10.7 Å². The van der Waals surface area contributed by atoms with E-state index < -0.39 is 0 Å². The number of hydrogen-bond donors (Lipinski definition) is 2. The van der Waals surface area contributed by atoms with Gasteiger partial charge in [0.2, 0.25) is 0 Å². The van der Waals surface area contributed by atoms with Crippen LogP contribution < -0.4 is 11.1 Å². The molecule has 3 heteroatoms. The van der Waals surface area contributed by atoms with E-state index in [4.69, 9.17) is 17.3 Å². The molecule has 0 aliphatic carbocycles. The minimum atomic E-state index is 0.192. The topological polar surface area (TPSA) is 38.0 Å². The van der Waals surface area contributed by atoms with Crippen LogP contribution in [0.2, 0.25) is 5.02 Å². The van der Waals surface area contributed by atoms with Gasteiger partial charge in [0.05, 0.1) is 16.4 Å². The van der Waals surface area contributed by atoms with Crippen LogP contribution in [0.3, 0.4) is 0 Å². The van der Waals surface area contributed by atoms with Gasteiger partial charge < -0.3 is 11.1 Å². The van der Waals surface area contributed by atoms with Crippen molar-refractivity contribution < 1.29 is 0 Å². The molecule has 0 saturated heterocycles. The van der Waals surface area contributed by atoms with Crippen LogP contribution in [-0.4, -0.2) is 0 Å². The Morgan fingerprint density at radius 3 is 2.47 bits per heavy atom. The Morgan fingerprint density at radius 1 is 1.06 bits per heavy atom. The number of nitrogen functional groups attached to an aromatic ring is 1. The Kier molecular flexibility index (Phi) is 3.55. The van der Waals surface area contributed by atoms with Crippen LogP contribution in [0, 0.1) is 0 Å². The Morgan fingerprint density at radius 2 is 1.76 bits per heavy atom. The fraction of sp³-hybridized carbons (Fsp3) is 0.143. The molecule has 0 aromatic heterocycles. The monoisotopic (exact) mass is 246 g/mol. The van der Waals surface area contributed by atoms with E-state index in [2.05, 4.69) is 24.4 Å². The predicted molar refractivity (Wildman–Crippen MR) is 74.3 cm³/mol. The van der Waals surface area contributed by atoms with Crippen LogP contribution in [0.1, 0.15) is 18.5 Å². The van der Waals surface area contributed by atoms with E-state index in [-0.39, 0.29) is 6.04 Å². The fourth-order valence-corrected chi connectivity index (χ4v) is 1.90. The van der Waals surface area contributed by atoms with Gasteiger partial charge in [-0.05, 0) is 24.6 Å². The van der Waals surface area contributed by atoms with Crippen molar-refractivity contribution in [2.45, 2.75) is 13.0 Å². The van der Waals surface area contributed by atoms with Crippen molar-refractivity contribution in [3.05, 3.63) is 59.1 Å². The van der Waals surface area contributed by atoms with Crippen molar-refractivity contribution in [3.8, 4) is 0 Å². The van der Waals surface area contributed by atoms with E-state index in [1.807, 2.05) is 30.3 Å². The second kappa shape index (κ2) is 5.11. The van der Waals surface area contributed by atoms with Gasteiger partial charge in [0.25, 0.3) is 0 Å². The maximum absolute atomic E-state index is 5.98. The lowest BCUT2D eigenvalue weighted by atomic mass is 10.1. The molecule has 2 rings (SSSR count). The highest BCUT2D eigenvalue weighted by Gasteiger charge is 2.08. The first-order valence-corrected chi connectivity index (χ1v) is 5.92. The molecule has 0 amide bonds. The molecule has 2 nitrogen and oxygen atoms in total. The summed E-state index contributed by atoms with van der Waals surface area (Å²) in [6.07, 6.45) is 0. The Balaban J connectivity index is 2.19. The molecule has 0 spiro atoms. The zero-order valence-electron chi connectivity index (χ0n) is 9.65. The van der Waals surface area contributed by atoms with Crippen LogP contribution >= 0.6 is 11.6 Å². The first-order valence-electron chi connectivity index (χ1n) is 5.54. The average molecular weight is 247 g/mol. The molecular formula is C14H15ClN2. The number of halogens is 1. The maximum atomic E-state index is 5.98. The van der Waals surface area contributed by atoms with Gasteiger partial charge in [0.15, 0.2) is 0 Å². The minimum Gasteiger partial charge on any atom is -0.396 e. The third kappa shape index (κ3) is 2.71. The van der Waals surface area contributed by atoms with E-state index in [1.165, 1.54) is 5.56 Å². The van der Waals surface area contributed by atoms with Gasteiger partial charge in [-0.3, -0.25) is 0 Å². The first-order chi connectivity index (χ1) is 8.18. The van der Waals surface area contributed by atoms with Crippen molar-refractivity contribution in [2.75, 3.05) is 11.1 Å². The zero-order valence-corrected chi connectivity index (χ0v) is 10.4. The van der Waals surface area contributed by atoms with Crippen LogP contribution in [0.15, 0.2) is 48.5 Å². The quantitative estimate of drug-likeness (QED) is 0.801. The van der Waals surface area contributed by atoms with Gasteiger partial charge in [-0.25, -0.2) is 0 Å². The average Bonchev–Trinajstić information content (AvgIpc) is 2.36. The summed E-state index contributed by atoms with van der Waals surface area (Å²) in [5.74, 6) is 0. The number of anilines is 2. The summed E-state index contributed by atoms with van der Waals surface area (Å²) in [6.45, 7) is 2.09. The summed E-state index contributed by atoms with van der Waals surface area (Å²) in [5.41, 5.74) is 8.59. The molecule has 17 heavy (non-hydrogen) atoms. The molecule has 0 saturated carbocycles. The molecule has 88 valence electrons. The van der Waals surface area contributed by atoms with Crippen molar-refractivity contribution in [3.63, 3.8) is 0 Å².